The molecule has 1 fully saturated rings. The van der Waals surface area contributed by atoms with Crippen molar-refractivity contribution >= 4 is 0 Å². The number of nitrogens with zero attached hydrogens (tertiary/aromatic N) is 1. The Bertz CT molecular complexity index is 437. The maximum atomic E-state index is 14.0. The molecule has 2 nitrogen and oxygen atoms in total. The van der Waals surface area contributed by atoms with Gasteiger partial charge in [-0.2, -0.15) is 0 Å². The van der Waals surface area contributed by atoms with Gasteiger partial charge in [0.05, 0.1) is 0 Å². The van der Waals surface area contributed by atoms with E-state index in [1.54, 1.807) is 12.1 Å². The van der Waals surface area contributed by atoms with Crippen molar-refractivity contribution in [1.29, 1.82) is 0 Å². The average Bonchev–Trinajstić information content (AvgIpc) is 3.04. The molecule has 1 heterocycles. The number of nitrogens with one attached hydrogen (secondary N) is 1. The minimum Gasteiger partial charge on any atom is -0.315 e. The Hall–Kier alpha value is -0.930. The lowest BCUT2D eigenvalue weighted by Gasteiger charge is -2.47. The van der Waals surface area contributed by atoms with E-state index in [-0.39, 0.29) is 17.4 Å². The minimum atomic E-state index is -0.0831. The van der Waals surface area contributed by atoms with E-state index in [1.165, 1.54) is 25.9 Å². The molecule has 3 heteroatoms. The molecule has 1 aliphatic heterocycles. The number of halogens is 1. The third-order valence-electron chi connectivity index (χ3n) is 5.34. The number of benzene rings is 1. The van der Waals surface area contributed by atoms with Crippen LogP contribution in [0.2, 0.25) is 0 Å². The molecule has 0 bridgehead atoms. The first-order chi connectivity index (χ1) is 10.2. The summed E-state index contributed by atoms with van der Waals surface area (Å²) >= 11 is 0. The van der Waals surface area contributed by atoms with Crippen LogP contribution in [0.5, 0.6) is 0 Å². The number of likely N-dealkylation sites (N-methyl/N-ethyl adjacent to an activating group) is 1. The van der Waals surface area contributed by atoms with Crippen molar-refractivity contribution in [2.24, 2.45) is 0 Å². The second-order valence-electron chi connectivity index (χ2n) is 6.14. The van der Waals surface area contributed by atoms with Crippen LogP contribution in [0.4, 0.5) is 4.39 Å². The summed E-state index contributed by atoms with van der Waals surface area (Å²) in [7, 11) is 2.02. The van der Waals surface area contributed by atoms with Crippen LogP contribution in [0.1, 0.15) is 45.1 Å². The summed E-state index contributed by atoms with van der Waals surface area (Å²) in [6.07, 6.45) is 5.53. The second-order valence-corrected chi connectivity index (χ2v) is 6.14. The third kappa shape index (κ3) is 3.29. The number of likely N-dealkylation sites (tertiary alicyclic amines) is 1. The van der Waals surface area contributed by atoms with Crippen LogP contribution >= 0.6 is 0 Å². The van der Waals surface area contributed by atoms with Gasteiger partial charge in [-0.1, -0.05) is 32.0 Å². The zero-order valence-corrected chi connectivity index (χ0v) is 13.7. The van der Waals surface area contributed by atoms with E-state index < -0.39 is 0 Å². The van der Waals surface area contributed by atoms with E-state index >= 15 is 0 Å². The molecule has 1 aromatic carbocycles. The number of rotatable bonds is 7. The van der Waals surface area contributed by atoms with Crippen molar-refractivity contribution in [3.8, 4) is 0 Å². The van der Waals surface area contributed by atoms with Crippen LogP contribution in [0.25, 0.3) is 0 Å². The summed E-state index contributed by atoms with van der Waals surface area (Å²) in [6, 6.07) is 7.46. The van der Waals surface area contributed by atoms with Crippen LogP contribution in [-0.2, 0) is 6.42 Å². The van der Waals surface area contributed by atoms with E-state index in [0.29, 0.717) is 0 Å². The monoisotopic (exact) mass is 292 g/mol. The standard InChI is InChI=1S/C18H29FN2/c1-4-18(5-2,21-12-8-9-13-21)17(20-3)14-15-10-6-7-11-16(15)19/h6-7,10-11,17,20H,4-5,8-9,12-14H2,1-3H3. The van der Waals surface area contributed by atoms with E-state index in [1.807, 2.05) is 19.2 Å². The van der Waals surface area contributed by atoms with Crippen molar-refractivity contribution in [3.63, 3.8) is 0 Å². The molecular formula is C18H29FN2. The molecule has 0 saturated carbocycles. The Kier molecular flexibility index (Phi) is 5.77. The first kappa shape index (κ1) is 16.4. The van der Waals surface area contributed by atoms with Gasteiger partial charge in [-0.25, -0.2) is 4.39 Å². The Morgan fingerprint density at radius 2 is 1.81 bits per heavy atom. The Morgan fingerprint density at radius 1 is 1.19 bits per heavy atom. The number of hydrogen-bond donors (Lipinski definition) is 1. The van der Waals surface area contributed by atoms with Crippen molar-refractivity contribution in [2.75, 3.05) is 20.1 Å². The van der Waals surface area contributed by atoms with Gasteiger partial charge in [0.15, 0.2) is 0 Å². The molecule has 0 amide bonds. The summed E-state index contributed by atoms with van der Waals surface area (Å²) in [5, 5.41) is 3.49. The largest absolute Gasteiger partial charge is 0.315 e. The van der Waals surface area contributed by atoms with Gasteiger partial charge < -0.3 is 5.32 Å². The maximum Gasteiger partial charge on any atom is 0.126 e. The molecule has 1 unspecified atom stereocenters. The van der Waals surface area contributed by atoms with Gasteiger partial charge in [0.2, 0.25) is 0 Å². The van der Waals surface area contributed by atoms with Gasteiger partial charge in [0.25, 0.3) is 0 Å². The first-order valence-electron chi connectivity index (χ1n) is 8.33. The fraction of sp³-hybridized carbons (Fsp3) is 0.667. The summed E-state index contributed by atoms with van der Waals surface area (Å²) in [5.74, 6) is -0.0831. The Labute approximate surface area is 128 Å². The fourth-order valence-corrected chi connectivity index (χ4v) is 4.02. The second kappa shape index (κ2) is 7.37. The van der Waals surface area contributed by atoms with Crippen molar-refractivity contribution < 1.29 is 4.39 Å². The van der Waals surface area contributed by atoms with Crippen molar-refractivity contribution in [3.05, 3.63) is 35.6 Å². The van der Waals surface area contributed by atoms with Crippen LogP contribution in [0.3, 0.4) is 0 Å². The smallest absolute Gasteiger partial charge is 0.126 e. The van der Waals surface area contributed by atoms with E-state index in [2.05, 4.69) is 24.1 Å². The van der Waals surface area contributed by atoms with Gasteiger partial charge in [0.1, 0.15) is 5.82 Å². The van der Waals surface area contributed by atoms with Gasteiger partial charge in [-0.05, 0) is 63.9 Å². The van der Waals surface area contributed by atoms with Gasteiger partial charge in [-0.3, -0.25) is 4.90 Å². The zero-order chi connectivity index (χ0) is 15.3. The molecule has 1 aliphatic rings. The van der Waals surface area contributed by atoms with Crippen LogP contribution in [0, 0.1) is 5.82 Å². The summed E-state index contributed by atoms with van der Waals surface area (Å²) in [4.78, 5) is 2.63. The minimum absolute atomic E-state index is 0.0831. The lowest BCUT2D eigenvalue weighted by molar-refractivity contribution is 0.0647. The van der Waals surface area contributed by atoms with Crippen LogP contribution in [0.15, 0.2) is 24.3 Å². The highest BCUT2D eigenvalue weighted by atomic mass is 19.1. The molecule has 1 saturated heterocycles. The highest BCUT2D eigenvalue weighted by Crippen LogP contribution is 2.33. The molecule has 0 spiro atoms. The molecule has 21 heavy (non-hydrogen) atoms. The molecule has 118 valence electrons. The maximum absolute atomic E-state index is 14.0. The van der Waals surface area contributed by atoms with E-state index in [0.717, 1.165) is 24.8 Å². The lowest BCUT2D eigenvalue weighted by atomic mass is 9.79. The summed E-state index contributed by atoms with van der Waals surface area (Å²) < 4.78 is 14.0. The van der Waals surface area contributed by atoms with E-state index in [4.69, 9.17) is 0 Å². The SMILES string of the molecule is CCC(CC)(C(Cc1ccccc1F)NC)N1CCCC1. The molecule has 1 aromatic rings. The fourth-order valence-electron chi connectivity index (χ4n) is 4.02. The molecule has 0 radical (unpaired) electrons. The number of hydrogen-bond acceptors (Lipinski definition) is 2. The zero-order valence-electron chi connectivity index (χ0n) is 13.7. The predicted octanol–water partition coefficient (Wildman–Crippen LogP) is 3.61. The van der Waals surface area contributed by atoms with Gasteiger partial charge in [0, 0.05) is 11.6 Å². The Balaban J connectivity index is 2.25. The summed E-state index contributed by atoms with van der Waals surface area (Å²) in [5.41, 5.74) is 0.954. The molecule has 1 N–H and O–H groups in total. The molecule has 2 rings (SSSR count). The average molecular weight is 292 g/mol. The van der Waals surface area contributed by atoms with Crippen molar-refractivity contribution in [1.82, 2.24) is 10.2 Å². The molecule has 1 atom stereocenters. The summed E-state index contributed by atoms with van der Waals surface area (Å²) in [6.45, 7) is 6.90. The quantitative estimate of drug-likeness (QED) is 0.826. The predicted molar refractivity (Wildman–Crippen MR) is 87.1 cm³/mol. The molecule has 0 aromatic heterocycles. The van der Waals surface area contributed by atoms with Gasteiger partial charge >= 0.3 is 0 Å². The highest BCUT2D eigenvalue weighted by molar-refractivity contribution is 5.20. The van der Waals surface area contributed by atoms with Crippen molar-refractivity contribution in [2.45, 2.75) is 57.5 Å². The Morgan fingerprint density at radius 3 is 2.33 bits per heavy atom. The van der Waals surface area contributed by atoms with E-state index in [9.17, 15) is 4.39 Å². The van der Waals surface area contributed by atoms with Crippen LogP contribution in [-0.4, -0.2) is 36.6 Å². The topological polar surface area (TPSA) is 15.3 Å². The van der Waals surface area contributed by atoms with Gasteiger partial charge in [-0.15, -0.1) is 0 Å². The van der Waals surface area contributed by atoms with Crippen LogP contribution < -0.4 is 5.32 Å². The highest BCUT2D eigenvalue weighted by Gasteiger charge is 2.41. The molecular weight excluding hydrogens is 263 g/mol. The molecule has 0 aliphatic carbocycles. The normalized spacial score (nSPS) is 18.1. The first-order valence-corrected chi connectivity index (χ1v) is 8.33. The third-order valence-corrected chi connectivity index (χ3v) is 5.34. The lowest BCUT2D eigenvalue weighted by Crippen LogP contribution is -2.60.